The maximum Gasteiger partial charge on any atom is 0.408 e. The van der Waals surface area contributed by atoms with Crippen molar-refractivity contribution in [2.24, 2.45) is 5.92 Å². The molecule has 2 heterocycles. The van der Waals surface area contributed by atoms with E-state index in [1.807, 2.05) is 31.2 Å². The Morgan fingerprint density at radius 1 is 1.07 bits per heavy atom. The lowest BCUT2D eigenvalue weighted by atomic mass is 9.90. The fourth-order valence-corrected chi connectivity index (χ4v) is 5.43. The van der Waals surface area contributed by atoms with Crippen molar-refractivity contribution in [1.29, 1.82) is 0 Å². The monoisotopic (exact) mass is 450 g/mol. The molecule has 0 spiro atoms. The van der Waals surface area contributed by atoms with Crippen molar-refractivity contribution >= 4 is 32.0 Å². The number of carbonyl (C=O) groups is 1. The molecule has 2 aliphatic heterocycles. The van der Waals surface area contributed by atoms with Crippen molar-refractivity contribution in [3.05, 3.63) is 64.1 Å². The molecule has 2 aromatic carbocycles. The summed E-state index contributed by atoms with van der Waals surface area (Å²) in [6.07, 6.45) is -0.992. The van der Waals surface area contributed by atoms with E-state index in [1.165, 1.54) is 4.31 Å². The second-order valence-corrected chi connectivity index (χ2v) is 9.78. The lowest BCUT2D eigenvalue weighted by Crippen LogP contribution is -2.48. The molecule has 0 aliphatic carbocycles. The molecule has 0 radical (unpaired) electrons. The number of ether oxygens (including phenoxy) is 1. The molecule has 1 N–H and O–H groups in total. The van der Waals surface area contributed by atoms with Gasteiger partial charge in [0.25, 0.3) is 0 Å². The Balaban J connectivity index is 1.62. The van der Waals surface area contributed by atoms with Gasteiger partial charge < -0.3 is 10.1 Å². The maximum atomic E-state index is 13.0. The zero-order valence-corrected chi connectivity index (χ0v) is 17.0. The Kier molecular flexibility index (Phi) is 4.73. The molecule has 142 valence electrons. The Morgan fingerprint density at radius 3 is 2.41 bits per heavy atom. The van der Waals surface area contributed by atoms with Gasteiger partial charge in [-0.1, -0.05) is 45.8 Å². The number of nitrogens with one attached hydrogen (secondary N) is 1. The van der Waals surface area contributed by atoms with Gasteiger partial charge in [-0.15, -0.1) is 0 Å². The number of cyclic esters (lactones) is 1. The van der Waals surface area contributed by atoms with Crippen LogP contribution in [0.4, 0.5) is 4.79 Å². The number of halogens is 1. The summed E-state index contributed by atoms with van der Waals surface area (Å²) in [5.41, 5.74) is 1.86. The predicted octanol–water partition coefficient (Wildman–Crippen LogP) is 3.23. The Hall–Kier alpha value is -1.90. The molecule has 8 heteroatoms. The first-order chi connectivity index (χ1) is 12.8. The van der Waals surface area contributed by atoms with Gasteiger partial charge in [-0.25, -0.2) is 13.2 Å². The molecular weight excluding hydrogens is 432 g/mol. The van der Waals surface area contributed by atoms with Gasteiger partial charge in [0.15, 0.2) is 0 Å². The van der Waals surface area contributed by atoms with Crippen LogP contribution >= 0.6 is 15.9 Å². The van der Waals surface area contributed by atoms with E-state index < -0.39 is 22.2 Å². The van der Waals surface area contributed by atoms with Crippen molar-refractivity contribution in [3.63, 3.8) is 0 Å². The van der Waals surface area contributed by atoms with Crippen LogP contribution in [0.15, 0.2) is 57.9 Å². The predicted molar refractivity (Wildman–Crippen MR) is 104 cm³/mol. The van der Waals surface area contributed by atoms with Gasteiger partial charge in [-0.2, -0.15) is 4.31 Å². The van der Waals surface area contributed by atoms with E-state index in [-0.39, 0.29) is 23.4 Å². The highest BCUT2D eigenvalue weighted by molar-refractivity contribution is 9.10. The summed E-state index contributed by atoms with van der Waals surface area (Å²) in [6, 6.07) is 14.1. The zero-order valence-electron chi connectivity index (χ0n) is 14.6. The number of carbonyl (C=O) groups excluding carboxylic acids is 1. The maximum absolute atomic E-state index is 13.0. The molecule has 4 rings (SSSR count). The zero-order chi connectivity index (χ0) is 19.2. The van der Waals surface area contributed by atoms with Gasteiger partial charge in [0.1, 0.15) is 6.10 Å². The SMILES string of the molecule is Cc1ccc(S(=O)(=O)N2CC3NC(=O)OC(c4ccc(Br)cc4)C3C2)cc1. The number of fused-ring (bicyclic) bond motifs is 1. The molecule has 2 saturated heterocycles. The fraction of sp³-hybridized carbons (Fsp3) is 0.316. The first kappa shape index (κ1) is 18.5. The van der Waals surface area contributed by atoms with Crippen molar-refractivity contribution in [2.75, 3.05) is 13.1 Å². The second-order valence-electron chi connectivity index (χ2n) is 6.93. The van der Waals surface area contributed by atoms with Crippen LogP contribution in [-0.4, -0.2) is 37.9 Å². The molecule has 27 heavy (non-hydrogen) atoms. The number of aryl methyl sites for hydroxylation is 1. The quantitative estimate of drug-likeness (QED) is 0.778. The first-order valence-corrected chi connectivity index (χ1v) is 10.9. The Morgan fingerprint density at radius 2 is 1.74 bits per heavy atom. The summed E-state index contributed by atoms with van der Waals surface area (Å²) in [4.78, 5) is 12.3. The standard InChI is InChI=1S/C19H19BrN2O4S/c1-12-2-8-15(9-3-12)27(24,25)22-10-16-17(11-22)21-19(23)26-18(16)13-4-6-14(20)7-5-13/h2-9,16-18H,10-11H2,1H3,(H,21,23). The van der Waals surface area contributed by atoms with Crippen LogP contribution in [0.2, 0.25) is 0 Å². The van der Waals surface area contributed by atoms with Crippen LogP contribution in [-0.2, 0) is 14.8 Å². The highest BCUT2D eigenvalue weighted by Crippen LogP contribution is 2.38. The molecule has 2 aliphatic rings. The van der Waals surface area contributed by atoms with Gasteiger partial charge >= 0.3 is 6.09 Å². The third-order valence-corrected chi connectivity index (χ3v) is 7.49. The lowest BCUT2D eigenvalue weighted by Gasteiger charge is -2.33. The topological polar surface area (TPSA) is 75.7 Å². The van der Waals surface area contributed by atoms with Crippen LogP contribution < -0.4 is 5.32 Å². The van der Waals surface area contributed by atoms with E-state index >= 15 is 0 Å². The van der Waals surface area contributed by atoms with Gasteiger partial charge in [0, 0.05) is 23.5 Å². The molecule has 3 unspecified atom stereocenters. The molecule has 0 bridgehead atoms. The average molecular weight is 451 g/mol. The second kappa shape index (κ2) is 6.92. The van der Waals surface area contributed by atoms with Crippen molar-refractivity contribution in [1.82, 2.24) is 9.62 Å². The number of benzene rings is 2. The number of hydrogen-bond donors (Lipinski definition) is 1. The minimum absolute atomic E-state index is 0.149. The third-order valence-electron chi connectivity index (χ3n) is 5.12. The van der Waals surface area contributed by atoms with E-state index in [1.54, 1.807) is 24.3 Å². The van der Waals surface area contributed by atoms with Crippen LogP contribution in [0, 0.1) is 12.8 Å². The summed E-state index contributed by atoms with van der Waals surface area (Å²) in [6.45, 7) is 2.45. The van der Waals surface area contributed by atoms with E-state index in [2.05, 4.69) is 21.2 Å². The van der Waals surface area contributed by atoms with E-state index in [0.29, 0.717) is 6.54 Å². The molecule has 3 atom stereocenters. The van der Waals surface area contributed by atoms with Gasteiger partial charge in [-0.05, 0) is 36.8 Å². The van der Waals surface area contributed by atoms with Crippen molar-refractivity contribution in [2.45, 2.75) is 24.0 Å². The minimum Gasteiger partial charge on any atom is -0.441 e. The van der Waals surface area contributed by atoms with E-state index in [4.69, 9.17) is 4.74 Å². The average Bonchev–Trinajstić information content (AvgIpc) is 3.07. The highest BCUT2D eigenvalue weighted by atomic mass is 79.9. The summed E-state index contributed by atoms with van der Waals surface area (Å²) in [5.74, 6) is -0.149. The third kappa shape index (κ3) is 3.49. The molecule has 0 aromatic heterocycles. The largest absolute Gasteiger partial charge is 0.441 e. The van der Waals surface area contributed by atoms with E-state index in [0.717, 1.165) is 15.6 Å². The van der Waals surface area contributed by atoms with Gasteiger partial charge in [-0.3, -0.25) is 0 Å². The van der Waals surface area contributed by atoms with Crippen molar-refractivity contribution < 1.29 is 17.9 Å². The number of hydrogen-bond acceptors (Lipinski definition) is 4. The lowest BCUT2D eigenvalue weighted by molar-refractivity contribution is 0.0287. The number of sulfonamides is 1. The summed E-state index contributed by atoms with van der Waals surface area (Å²) in [7, 11) is -3.62. The summed E-state index contributed by atoms with van der Waals surface area (Å²) >= 11 is 3.40. The Labute approximate surface area is 166 Å². The number of alkyl carbamates (subject to hydrolysis) is 1. The van der Waals surface area contributed by atoms with Crippen LogP contribution in [0.5, 0.6) is 0 Å². The minimum atomic E-state index is -3.62. The fourth-order valence-electron chi connectivity index (χ4n) is 3.66. The van der Waals surface area contributed by atoms with Crippen LogP contribution in [0.25, 0.3) is 0 Å². The Bertz CT molecular complexity index is 960. The van der Waals surface area contributed by atoms with Gasteiger partial charge in [0.2, 0.25) is 10.0 Å². The van der Waals surface area contributed by atoms with Crippen LogP contribution in [0.3, 0.4) is 0 Å². The number of amides is 1. The molecule has 2 aromatic rings. The summed E-state index contributed by atoms with van der Waals surface area (Å²) < 4.78 is 33.9. The smallest absolute Gasteiger partial charge is 0.408 e. The molecule has 1 amide bonds. The summed E-state index contributed by atoms with van der Waals surface area (Å²) in [5, 5.41) is 2.78. The number of rotatable bonds is 3. The first-order valence-electron chi connectivity index (χ1n) is 8.64. The number of nitrogens with zero attached hydrogens (tertiary/aromatic N) is 1. The highest BCUT2D eigenvalue weighted by Gasteiger charge is 2.48. The molecule has 6 nitrogen and oxygen atoms in total. The van der Waals surface area contributed by atoms with Crippen LogP contribution in [0.1, 0.15) is 17.2 Å². The van der Waals surface area contributed by atoms with Gasteiger partial charge in [0.05, 0.1) is 10.9 Å². The molecular formula is C19H19BrN2O4S. The molecule has 2 fully saturated rings. The van der Waals surface area contributed by atoms with Crippen molar-refractivity contribution in [3.8, 4) is 0 Å². The normalized spacial score (nSPS) is 25.6. The van der Waals surface area contributed by atoms with E-state index in [9.17, 15) is 13.2 Å². The molecule has 0 saturated carbocycles.